The number of rotatable bonds is 1. The summed E-state index contributed by atoms with van der Waals surface area (Å²) in [5.41, 5.74) is 2.50. The van der Waals surface area contributed by atoms with Crippen molar-refractivity contribution in [2.45, 2.75) is 81.5 Å². The first-order valence-electron chi connectivity index (χ1n) is 17.7. The first-order chi connectivity index (χ1) is 23.2. The Hall–Kier alpha value is -2.38. The van der Waals surface area contributed by atoms with Gasteiger partial charge >= 0.3 is 0 Å². The Morgan fingerprint density at radius 3 is 2.59 bits per heavy atom. The van der Waals surface area contributed by atoms with Gasteiger partial charge in [-0.25, -0.2) is 21.6 Å². The van der Waals surface area contributed by atoms with Crippen LogP contribution in [0.25, 0.3) is 0 Å². The summed E-state index contributed by atoms with van der Waals surface area (Å²) in [4.78, 5) is 15.9. The molecule has 0 unspecified atom stereocenters. The van der Waals surface area contributed by atoms with Crippen LogP contribution in [0, 0.1) is 17.8 Å². The maximum atomic E-state index is 13.5. The molecule has 2 bridgehead atoms. The molecule has 1 N–H and O–H groups in total. The van der Waals surface area contributed by atoms with Crippen LogP contribution in [0.3, 0.4) is 0 Å². The minimum atomic E-state index is -3.98. The highest BCUT2D eigenvalue weighted by atomic mass is 35.5. The van der Waals surface area contributed by atoms with Crippen LogP contribution in [0.4, 0.5) is 5.69 Å². The lowest BCUT2D eigenvalue weighted by Crippen LogP contribution is -2.62. The van der Waals surface area contributed by atoms with E-state index in [0.717, 1.165) is 37.8 Å². The van der Waals surface area contributed by atoms with E-state index in [1.54, 1.807) is 29.4 Å². The summed E-state index contributed by atoms with van der Waals surface area (Å²) < 4.78 is 69.9. The van der Waals surface area contributed by atoms with E-state index in [1.807, 2.05) is 13.0 Å². The number of hydrogen-bond acceptors (Lipinski definition) is 8. The fourth-order valence-corrected chi connectivity index (χ4v) is 11.5. The van der Waals surface area contributed by atoms with E-state index in [-0.39, 0.29) is 28.7 Å². The van der Waals surface area contributed by atoms with Crippen LogP contribution in [-0.4, -0.2) is 83.5 Å². The van der Waals surface area contributed by atoms with Crippen molar-refractivity contribution in [1.82, 2.24) is 9.03 Å². The lowest BCUT2D eigenvalue weighted by molar-refractivity contribution is -0.165. The molecule has 2 spiro atoms. The summed E-state index contributed by atoms with van der Waals surface area (Å²) in [7, 11) is -7.41. The quantitative estimate of drug-likeness (QED) is 0.428. The Kier molecular flexibility index (Phi) is 9.29. The molecule has 1 saturated carbocycles. The molecule has 10 nitrogen and oxygen atoms in total. The fourth-order valence-electron chi connectivity index (χ4n) is 9.18. The number of fused-ring (bicyclic) bond motifs is 5. The molecule has 1 amide bonds. The van der Waals surface area contributed by atoms with Crippen molar-refractivity contribution < 1.29 is 31.1 Å². The molecule has 2 aromatic carbocycles. The largest absolute Gasteiger partial charge is 0.490 e. The van der Waals surface area contributed by atoms with Crippen molar-refractivity contribution >= 4 is 43.2 Å². The lowest BCUT2D eigenvalue weighted by atomic mass is 9.62. The van der Waals surface area contributed by atoms with Crippen molar-refractivity contribution in [3.63, 3.8) is 0 Å². The van der Waals surface area contributed by atoms with Gasteiger partial charge in [-0.1, -0.05) is 31.0 Å². The van der Waals surface area contributed by atoms with Crippen LogP contribution < -0.4 is 14.4 Å². The number of nitrogens with one attached hydrogen (secondary N) is 1. The van der Waals surface area contributed by atoms with E-state index in [2.05, 4.69) is 21.8 Å². The second-order valence-electron chi connectivity index (χ2n) is 15.3. The first-order valence-corrected chi connectivity index (χ1v) is 21.4. The van der Waals surface area contributed by atoms with E-state index in [4.69, 9.17) is 21.1 Å². The smallest absolute Gasteiger partial charge is 0.264 e. The Balaban J connectivity index is 1.32. The number of sulfonamides is 2. The molecule has 0 aromatic heterocycles. The summed E-state index contributed by atoms with van der Waals surface area (Å²) in [5.74, 6) is 0.111. The maximum absolute atomic E-state index is 13.5. The summed E-state index contributed by atoms with van der Waals surface area (Å²) in [6.07, 6.45) is 7.95. The van der Waals surface area contributed by atoms with Gasteiger partial charge in [-0.05, 0) is 111 Å². The first kappa shape index (κ1) is 35.0. The third-order valence-electron chi connectivity index (χ3n) is 12.3. The number of aryl methyl sites for hydroxylation is 1. The van der Waals surface area contributed by atoms with Crippen molar-refractivity contribution in [2.24, 2.45) is 17.8 Å². The minimum Gasteiger partial charge on any atom is -0.490 e. The highest BCUT2D eigenvalue weighted by Gasteiger charge is 2.53. The van der Waals surface area contributed by atoms with Gasteiger partial charge in [0.15, 0.2) is 0 Å². The predicted molar refractivity (Wildman–Crippen MR) is 190 cm³/mol. The van der Waals surface area contributed by atoms with Gasteiger partial charge in [-0.3, -0.25) is 4.79 Å². The molecule has 5 aliphatic rings. The monoisotopic (exact) mass is 733 g/mol. The molecule has 49 heavy (non-hydrogen) atoms. The standard InChI is InChI=1S/C36H48ClN3O7S2/c1-24-6-4-15-36(22-40(16-17-47-36)48(3,42)43)31-11-8-28(31)20-39-21-35(14-5-7-26-18-29(37)10-12-30(26)35)23-46-33-13-9-27(19-32(33)39)34(41)38-49(44,45)25(24)2/h9-10,12-13,18-19,24-25,28,31H,4-8,11,14-17,20-23H2,1-3H3,(H,38,41)/t24-,25+,28-,31+,35-,36+/m0/s1. The van der Waals surface area contributed by atoms with Gasteiger partial charge in [0.25, 0.3) is 5.91 Å². The Morgan fingerprint density at radius 1 is 1.02 bits per heavy atom. The minimum absolute atomic E-state index is 0.119. The van der Waals surface area contributed by atoms with Gasteiger partial charge < -0.3 is 14.4 Å². The summed E-state index contributed by atoms with van der Waals surface area (Å²) in [6, 6.07) is 11.4. The van der Waals surface area contributed by atoms with Crippen LogP contribution >= 0.6 is 11.6 Å². The van der Waals surface area contributed by atoms with Crippen LogP contribution in [-0.2, 0) is 36.6 Å². The molecule has 2 fully saturated rings. The van der Waals surface area contributed by atoms with Crippen LogP contribution in [0.2, 0.25) is 5.02 Å². The van der Waals surface area contributed by atoms with Gasteiger partial charge in [0.1, 0.15) is 5.75 Å². The highest BCUT2D eigenvalue weighted by Crippen LogP contribution is 2.51. The molecular weight excluding hydrogens is 686 g/mol. The van der Waals surface area contributed by atoms with E-state index in [1.165, 1.54) is 17.4 Å². The average Bonchev–Trinajstić information content (AvgIpc) is 3.18. The molecular formula is C36H48ClN3O7S2. The number of carbonyl (C=O) groups excluding carboxylic acids is 1. The topological polar surface area (TPSA) is 122 Å². The number of nitrogens with zero attached hydrogens (tertiary/aromatic N) is 2. The third-order valence-corrected chi connectivity index (χ3v) is 15.7. The van der Waals surface area contributed by atoms with E-state index in [0.29, 0.717) is 69.4 Å². The molecule has 7 rings (SSSR count). The van der Waals surface area contributed by atoms with Crippen LogP contribution in [0.5, 0.6) is 5.75 Å². The number of hydrogen-bond donors (Lipinski definition) is 1. The summed E-state index contributed by atoms with van der Waals surface area (Å²) in [6.45, 7) is 6.28. The highest BCUT2D eigenvalue weighted by molar-refractivity contribution is 7.90. The number of halogens is 1. The molecule has 268 valence electrons. The van der Waals surface area contributed by atoms with Gasteiger partial charge in [0.2, 0.25) is 20.0 Å². The van der Waals surface area contributed by atoms with Crippen molar-refractivity contribution in [1.29, 1.82) is 0 Å². The zero-order valence-corrected chi connectivity index (χ0v) is 31.0. The number of anilines is 1. The number of ether oxygens (including phenoxy) is 2. The zero-order chi connectivity index (χ0) is 34.8. The molecule has 1 saturated heterocycles. The second-order valence-corrected chi connectivity index (χ2v) is 19.7. The number of benzene rings is 2. The third kappa shape index (κ3) is 6.61. The number of morpholine rings is 1. The predicted octanol–water partition coefficient (Wildman–Crippen LogP) is 5.14. The van der Waals surface area contributed by atoms with Crippen molar-refractivity contribution in [3.8, 4) is 5.75 Å². The van der Waals surface area contributed by atoms with Crippen molar-refractivity contribution in [3.05, 3.63) is 58.1 Å². The Labute approximate surface area is 296 Å². The number of amides is 1. The summed E-state index contributed by atoms with van der Waals surface area (Å²) in [5, 5.41) is -0.0943. The van der Waals surface area contributed by atoms with Gasteiger partial charge in [0, 0.05) is 42.2 Å². The maximum Gasteiger partial charge on any atom is 0.264 e. The molecule has 3 aliphatic heterocycles. The normalized spacial score (nSPS) is 33.8. The van der Waals surface area contributed by atoms with E-state index < -0.39 is 36.8 Å². The van der Waals surface area contributed by atoms with Gasteiger partial charge in [0.05, 0.1) is 36.0 Å². The van der Waals surface area contributed by atoms with E-state index >= 15 is 0 Å². The number of carbonyl (C=O) groups is 1. The molecule has 2 aromatic rings. The van der Waals surface area contributed by atoms with Crippen LogP contribution in [0.15, 0.2) is 36.4 Å². The van der Waals surface area contributed by atoms with Gasteiger partial charge in [-0.2, -0.15) is 4.31 Å². The Bertz CT molecular complexity index is 1840. The van der Waals surface area contributed by atoms with Gasteiger partial charge in [-0.15, -0.1) is 0 Å². The van der Waals surface area contributed by atoms with Crippen LogP contribution in [0.1, 0.15) is 80.3 Å². The second kappa shape index (κ2) is 13.0. The summed E-state index contributed by atoms with van der Waals surface area (Å²) >= 11 is 6.45. The lowest BCUT2D eigenvalue weighted by Gasteiger charge is -2.54. The molecule has 6 atom stereocenters. The molecule has 3 heterocycles. The van der Waals surface area contributed by atoms with Crippen molar-refractivity contribution in [2.75, 3.05) is 50.5 Å². The fraction of sp³-hybridized carbons (Fsp3) is 0.639. The van der Waals surface area contributed by atoms with E-state index in [9.17, 15) is 21.6 Å². The Morgan fingerprint density at radius 2 is 1.84 bits per heavy atom. The molecule has 0 radical (unpaired) electrons. The SMILES string of the molecule is C[C@@H]1[C@@H](C)CCC[C@@]2(CN(S(C)(=O)=O)CCO2)[C@@H]2CC[C@H]2CN2C[C@@]3(CCCc4cc(Cl)ccc43)COc3ccc(cc32)C(=O)NS1(=O)=O. The molecule has 2 aliphatic carbocycles. The average molecular weight is 734 g/mol. The zero-order valence-electron chi connectivity index (χ0n) is 28.6. The molecule has 13 heteroatoms.